The molecule has 3 rings (SSSR count). The van der Waals surface area contributed by atoms with Gasteiger partial charge in [0.2, 0.25) is 0 Å². The Morgan fingerprint density at radius 3 is 2.90 bits per heavy atom. The van der Waals surface area contributed by atoms with Gasteiger partial charge in [-0.15, -0.1) is 11.3 Å². The Morgan fingerprint density at radius 1 is 1.38 bits per heavy atom. The molecule has 0 saturated carbocycles. The van der Waals surface area contributed by atoms with E-state index in [1.54, 1.807) is 23.5 Å². The minimum atomic E-state index is -3.74. The first-order valence-corrected chi connectivity index (χ1v) is 8.69. The summed E-state index contributed by atoms with van der Waals surface area (Å²) in [5.74, 6) is 0.000890. The van der Waals surface area contributed by atoms with Gasteiger partial charge in [0.25, 0.3) is 10.0 Å². The molecule has 0 spiro atoms. The first-order valence-electron chi connectivity index (χ1n) is 6.32. The highest BCUT2D eigenvalue weighted by atomic mass is 32.2. The predicted molar refractivity (Wildman–Crippen MR) is 84.9 cm³/mol. The van der Waals surface area contributed by atoms with E-state index in [0.29, 0.717) is 12.2 Å². The maximum Gasteiger partial charge on any atom is 0.267 e. The van der Waals surface area contributed by atoms with E-state index in [2.05, 4.69) is 9.82 Å². The van der Waals surface area contributed by atoms with Crippen molar-refractivity contribution in [1.29, 1.82) is 0 Å². The number of anilines is 2. The van der Waals surface area contributed by atoms with Gasteiger partial charge in [-0.3, -0.25) is 9.40 Å². The molecule has 1 aromatic carbocycles. The lowest BCUT2D eigenvalue weighted by atomic mass is 10.2. The summed E-state index contributed by atoms with van der Waals surface area (Å²) in [6, 6.07) is 7.36. The Bertz CT molecular complexity index is 896. The van der Waals surface area contributed by atoms with Gasteiger partial charge in [0.1, 0.15) is 4.90 Å². The van der Waals surface area contributed by atoms with Crippen molar-refractivity contribution < 1.29 is 8.42 Å². The van der Waals surface area contributed by atoms with Crippen molar-refractivity contribution in [2.75, 3.05) is 10.5 Å². The Labute approximate surface area is 126 Å². The minimum Gasteiger partial charge on any atom is -0.381 e. The number of fused-ring (bicyclic) bond motifs is 1. The third-order valence-corrected chi connectivity index (χ3v) is 5.37. The number of rotatable bonds is 4. The fraction of sp³-hybridized carbons (Fsp3) is 0.154. The fourth-order valence-corrected chi connectivity index (χ4v) is 3.92. The number of benzene rings is 1. The number of hydrogen-bond acceptors (Lipinski definition) is 5. The topological polar surface area (TPSA) is 90.0 Å². The van der Waals surface area contributed by atoms with Gasteiger partial charge in [-0.1, -0.05) is 0 Å². The number of aromatic nitrogens is 2. The minimum absolute atomic E-state index is 0.000890. The fourth-order valence-electron chi connectivity index (χ4n) is 2.03. The normalized spacial score (nSPS) is 11.9. The third kappa shape index (κ3) is 2.59. The Hall–Kier alpha value is -2.06. The molecular formula is C13H14N4O2S2. The smallest absolute Gasteiger partial charge is 0.267 e. The van der Waals surface area contributed by atoms with Crippen molar-refractivity contribution in [2.45, 2.75) is 18.4 Å². The van der Waals surface area contributed by atoms with E-state index in [0.717, 1.165) is 10.1 Å². The standard InChI is InChI=1S/C13H14N4O2S2/c1-2-17-8-12(13(14)15-17)21(18,19)16-10-3-4-11-9(7-10)5-6-20-11/h3-8,16H,2H2,1H3,(H2,14,15). The maximum absolute atomic E-state index is 12.4. The van der Waals surface area contributed by atoms with Crippen LogP contribution < -0.4 is 10.5 Å². The molecule has 0 atom stereocenters. The molecule has 6 nitrogen and oxygen atoms in total. The highest BCUT2D eigenvalue weighted by Crippen LogP contribution is 2.26. The number of hydrogen-bond donors (Lipinski definition) is 2. The van der Waals surface area contributed by atoms with Crippen LogP contribution in [0.25, 0.3) is 10.1 Å². The first-order chi connectivity index (χ1) is 9.99. The van der Waals surface area contributed by atoms with Crippen molar-refractivity contribution >= 4 is 43.0 Å². The van der Waals surface area contributed by atoms with Crippen LogP contribution in [0.5, 0.6) is 0 Å². The second kappa shape index (κ2) is 5.05. The average molecular weight is 322 g/mol. The molecule has 0 aliphatic heterocycles. The zero-order valence-corrected chi connectivity index (χ0v) is 12.9. The van der Waals surface area contributed by atoms with E-state index >= 15 is 0 Å². The largest absolute Gasteiger partial charge is 0.381 e. The molecule has 0 fully saturated rings. The Kier molecular flexibility index (Phi) is 3.34. The highest BCUT2D eigenvalue weighted by molar-refractivity contribution is 7.92. The number of aryl methyl sites for hydroxylation is 1. The summed E-state index contributed by atoms with van der Waals surface area (Å²) in [7, 11) is -3.74. The number of nitrogens with two attached hydrogens (primary N) is 1. The molecule has 0 bridgehead atoms. The molecule has 2 aromatic heterocycles. The lowest BCUT2D eigenvalue weighted by Gasteiger charge is -2.06. The molecular weight excluding hydrogens is 308 g/mol. The van der Waals surface area contributed by atoms with E-state index in [-0.39, 0.29) is 10.7 Å². The van der Waals surface area contributed by atoms with Crippen molar-refractivity contribution in [1.82, 2.24) is 9.78 Å². The number of nitrogens with one attached hydrogen (secondary N) is 1. The van der Waals surface area contributed by atoms with Crippen LogP contribution in [0.4, 0.5) is 11.5 Å². The van der Waals surface area contributed by atoms with Gasteiger partial charge in [0, 0.05) is 23.1 Å². The van der Waals surface area contributed by atoms with Gasteiger partial charge in [-0.25, -0.2) is 8.42 Å². The highest BCUT2D eigenvalue weighted by Gasteiger charge is 2.21. The maximum atomic E-state index is 12.4. The second-order valence-corrected chi connectivity index (χ2v) is 7.11. The van der Waals surface area contributed by atoms with Crippen molar-refractivity contribution in [3.8, 4) is 0 Å². The first kappa shape index (κ1) is 13.9. The van der Waals surface area contributed by atoms with Crippen LogP contribution in [0.2, 0.25) is 0 Å². The van der Waals surface area contributed by atoms with E-state index in [1.807, 2.05) is 24.4 Å². The SMILES string of the molecule is CCn1cc(S(=O)(=O)Nc2ccc3sccc3c2)c(N)n1. The molecule has 0 aliphatic rings. The monoisotopic (exact) mass is 322 g/mol. The van der Waals surface area contributed by atoms with Crippen LogP contribution in [-0.2, 0) is 16.6 Å². The zero-order chi connectivity index (χ0) is 15.0. The number of nitrogens with zero attached hydrogens (tertiary/aromatic N) is 2. The molecule has 0 amide bonds. The summed E-state index contributed by atoms with van der Waals surface area (Å²) in [5.41, 5.74) is 6.19. The molecule has 0 radical (unpaired) electrons. The van der Waals surface area contributed by atoms with Gasteiger partial charge in [0.15, 0.2) is 5.82 Å². The molecule has 8 heteroatoms. The number of thiophene rings is 1. The molecule has 2 heterocycles. The van der Waals surface area contributed by atoms with E-state index in [1.165, 1.54) is 10.9 Å². The Morgan fingerprint density at radius 2 is 2.19 bits per heavy atom. The average Bonchev–Trinajstić information content (AvgIpc) is 3.04. The molecule has 21 heavy (non-hydrogen) atoms. The summed E-state index contributed by atoms with van der Waals surface area (Å²) in [4.78, 5) is -0.00485. The lowest BCUT2D eigenvalue weighted by molar-refractivity contribution is 0.600. The van der Waals surface area contributed by atoms with Gasteiger partial charge < -0.3 is 5.73 Å². The van der Waals surface area contributed by atoms with E-state index < -0.39 is 10.0 Å². The molecule has 0 unspecified atom stereocenters. The van der Waals surface area contributed by atoms with E-state index in [9.17, 15) is 8.42 Å². The van der Waals surface area contributed by atoms with Gasteiger partial charge in [-0.05, 0) is 42.0 Å². The molecule has 0 aliphatic carbocycles. The molecule has 110 valence electrons. The predicted octanol–water partition coefficient (Wildman–Crippen LogP) is 2.50. The summed E-state index contributed by atoms with van der Waals surface area (Å²) < 4.78 is 29.9. The van der Waals surface area contributed by atoms with Crippen molar-refractivity contribution in [3.05, 3.63) is 35.8 Å². The summed E-state index contributed by atoms with van der Waals surface area (Å²) >= 11 is 1.61. The van der Waals surface area contributed by atoms with Gasteiger partial charge in [0.05, 0.1) is 0 Å². The summed E-state index contributed by atoms with van der Waals surface area (Å²) in [6.07, 6.45) is 1.43. The van der Waals surface area contributed by atoms with Gasteiger partial charge >= 0.3 is 0 Å². The molecule has 3 N–H and O–H groups in total. The summed E-state index contributed by atoms with van der Waals surface area (Å²) in [5, 5.41) is 6.92. The van der Waals surface area contributed by atoms with Crippen molar-refractivity contribution in [3.63, 3.8) is 0 Å². The van der Waals surface area contributed by atoms with Crippen LogP contribution >= 0.6 is 11.3 Å². The van der Waals surface area contributed by atoms with Crippen molar-refractivity contribution in [2.24, 2.45) is 0 Å². The van der Waals surface area contributed by atoms with Crippen LogP contribution in [0.1, 0.15) is 6.92 Å². The quantitative estimate of drug-likeness (QED) is 0.772. The van der Waals surface area contributed by atoms with Crippen LogP contribution in [0.15, 0.2) is 40.7 Å². The summed E-state index contributed by atoms with van der Waals surface area (Å²) in [6.45, 7) is 2.42. The van der Waals surface area contributed by atoms with Crippen LogP contribution in [0, 0.1) is 0 Å². The molecule has 0 saturated heterocycles. The third-order valence-electron chi connectivity index (χ3n) is 3.07. The van der Waals surface area contributed by atoms with Gasteiger partial charge in [-0.2, -0.15) is 5.10 Å². The number of nitrogen functional groups attached to an aromatic ring is 1. The molecule has 3 aromatic rings. The van der Waals surface area contributed by atoms with E-state index in [4.69, 9.17) is 5.73 Å². The van der Waals surface area contributed by atoms with Crippen LogP contribution in [-0.4, -0.2) is 18.2 Å². The second-order valence-electron chi connectivity index (χ2n) is 4.51. The lowest BCUT2D eigenvalue weighted by Crippen LogP contribution is -2.13. The Balaban J connectivity index is 1.96. The zero-order valence-electron chi connectivity index (χ0n) is 11.3. The number of sulfonamides is 1. The van der Waals surface area contributed by atoms with Crippen LogP contribution in [0.3, 0.4) is 0 Å².